The highest BCUT2D eigenvalue weighted by Gasteiger charge is 2.39. The Kier molecular flexibility index (Phi) is 5.83. The molecule has 1 heterocycles. The van der Waals surface area contributed by atoms with Crippen molar-refractivity contribution in [3.63, 3.8) is 0 Å². The van der Waals surface area contributed by atoms with Gasteiger partial charge in [-0.05, 0) is 42.0 Å². The van der Waals surface area contributed by atoms with Crippen molar-refractivity contribution in [3.05, 3.63) is 97.8 Å². The molecule has 4 aromatic rings. The van der Waals surface area contributed by atoms with Crippen LogP contribution in [0.5, 0.6) is 5.75 Å². The Hall–Kier alpha value is -3.10. The summed E-state index contributed by atoms with van der Waals surface area (Å²) in [5.41, 5.74) is -1.68. The number of ether oxygens (including phenoxy) is 1. The third-order valence-electron chi connectivity index (χ3n) is 4.56. The summed E-state index contributed by atoms with van der Waals surface area (Å²) in [6.45, 7) is 0. The maximum Gasteiger partial charge on any atom is 0.450 e. The first-order valence-corrected chi connectivity index (χ1v) is 10.2. The Morgan fingerprint density at radius 3 is 2.34 bits per heavy atom. The van der Waals surface area contributed by atoms with Crippen molar-refractivity contribution in [2.24, 2.45) is 0 Å². The van der Waals surface area contributed by atoms with Gasteiger partial charge in [0.2, 0.25) is 11.2 Å². The molecule has 0 saturated heterocycles. The lowest BCUT2D eigenvalue weighted by Gasteiger charge is -2.13. The monoisotopic (exact) mass is 522 g/mol. The van der Waals surface area contributed by atoms with Gasteiger partial charge in [-0.1, -0.05) is 51.8 Å². The van der Waals surface area contributed by atoms with E-state index < -0.39 is 28.9 Å². The molecule has 3 aromatic carbocycles. The molecule has 0 spiro atoms. The van der Waals surface area contributed by atoms with Crippen LogP contribution in [-0.2, 0) is 6.18 Å². The second-order valence-corrected chi connectivity index (χ2v) is 7.99. The number of halogens is 5. The minimum absolute atomic E-state index is 0.0606. The fourth-order valence-electron chi connectivity index (χ4n) is 3.10. The molecule has 4 rings (SSSR count). The van der Waals surface area contributed by atoms with E-state index in [0.717, 1.165) is 6.07 Å². The molecule has 0 atom stereocenters. The number of carbonyl (C=O) groups is 1. The Labute approximate surface area is 192 Å². The summed E-state index contributed by atoms with van der Waals surface area (Å²) in [5.74, 6) is -2.35. The third-order valence-corrected chi connectivity index (χ3v) is 5.42. The topological polar surface area (TPSA) is 56.5 Å². The molecule has 1 aromatic heterocycles. The summed E-state index contributed by atoms with van der Waals surface area (Å²) >= 11 is 9.18. The van der Waals surface area contributed by atoms with E-state index in [4.69, 9.17) is 20.8 Å². The van der Waals surface area contributed by atoms with E-state index in [-0.39, 0.29) is 32.9 Å². The van der Waals surface area contributed by atoms with Crippen molar-refractivity contribution in [2.45, 2.75) is 6.18 Å². The summed E-state index contributed by atoms with van der Waals surface area (Å²) in [5, 5.41) is 0.0665. The van der Waals surface area contributed by atoms with E-state index in [0.29, 0.717) is 4.47 Å². The first-order chi connectivity index (χ1) is 15.1. The fraction of sp³-hybridized carbons (Fsp3) is 0.0435. The highest BCUT2D eigenvalue weighted by Crippen LogP contribution is 2.38. The molecule has 0 radical (unpaired) electrons. The van der Waals surface area contributed by atoms with Crippen LogP contribution in [0.15, 0.2) is 80.4 Å². The third kappa shape index (κ3) is 4.28. The maximum absolute atomic E-state index is 13.8. The van der Waals surface area contributed by atoms with Crippen molar-refractivity contribution in [2.75, 3.05) is 0 Å². The van der Waals surface area contributed by atoms with Crippen LogP contribution in [0, 0.1) is 0 Å². The predicted molar refractivity (Wildman–Crippen MR) is 117 cm³/mol. The second kappa shape index (κ2) is 8.44. The van der Waals surface area contributed by atoms with Gasteiger partial charge in [0.05, 0.1) is 21.5 Å². The minimum atomic E-state index is -4.93. The van der Waals surface area contributed by atoms with Crippen molar-refractivity contribution < 1.29 is 27.1 Å². The summed E-state index contributed by atoms with van der Waals surface area (Å²) in [6, 6.07) is 15.6. The molecule has 0 aliphatic rings. The second-order valence-electron chi connectivity index (χ2n) is 6.67. The van der Waals surface area contributed by atoms with Crippen molar-refractivity contribution >= 4 is 44.5 Å². The van der Waals surface area contributed by atoms with Gasteiger partial charge >= 0.3 is 12.1 Å². The van der Waals surface area contributed by atoms with Gasteiger partial charge in [-0.3, -0.25) is 4.79 Å². The van der Waals surface area contributed by atoms with Gasteiger partial charge in [0.25, 0.3) is 0 Å². The maximum atomic E-state index is 13.8. The van der Waals surface area contributed by atoms with Crippen LogP contribution in [-0.4, -0.2) is 5.97 Å². The Morgan fingerprint density at radius 2 is 1.69 bits per heavy atom. The Balaban J connectivity index is 1.83. The molecular weight excluding hydrogens is 513 g/mol. The minimum Gasteiger partial charge on any atom is -0.450 e. The molecule has 32 heavy (non-hydrogen) atoms. The van der Waals surface area contributed by atoms with Gasteiger partial charge in [0.15, 0.2) is 0 Å². The zero-order valence-electron chi connectivity index (χ0n) is 15.9. The van der Waals surface area contributed by atoms with Gasteiger partial charge < -0.3 is 9.15 Å². The number of carbonyl (C=O) groups excluding carboxylic acids is 1. The number of hydrogen-bond donors (Lipinski definition) is 0. The number of hydrogen-bond acceptors (Lipinski definition) is 4. The average molecular weight is 524 g/mol. The normalized spacial score (nSPS) is 11.5. The molecule has 0 bridgehead atoms. The molecule has 162 valence electrons. The molecule has 0 saturated carbocycles. The molecule has 9 heteroatoms. The van der Waals surface area contributed by atoms with Crippen LogP contribution in [0.3, 0.4) is 0 Å². The quantitative estimate of drug-likeness (QED) is 0.212. The molecule has 0 fully saturated rings. The van der Waals surface area contributed by atoms with Crippen molar-refractivity contribution in [1.82, 2.24) is 0 Å². The summed E-state index contributed by atoms with van der Waals surface area (Å²) in [7, 11) is 0. The van der Waals surface area contributed by atoms with Gasteiger partial charge in [-0.2, -0.15) is 13.2 Å². The van der Waals surface area contributed by atoms with E-state index in [1.807, 2.05) is 0 Å². The fourth-order valence-corrected chi connectivity index (χ4v) is 3.58. The van der Waals surface area contributed by atoms with Gasteiger partial charge in [-0.15, -0.1) is 0 Å². The molecule has 0 amide bonds. The number of rotatable bonds is 3. The van der Waals surface area contributed by atoms with Crippen molar-refractivity contribution in [1.29, 1.82) is 0 Å². The lowest BCUT2D eigenvalue weighted by Crippen LogP contribution is -2.16. The van der Waals surface area contributed by atoms with Crippen LogP contribution < -0.4 is 10.2 Å². The average Bonchev–Trinajstić information content (AvgIpc) is 2.74. The number of esters is 1. The van der Waals surface area contributed by atoms with E-state index in [2.05, 4.69) is 15.9 Å². The van der Waals surface area contributed by atoms with Crippen molar-refractivity contribution in [3.8, 4) is 16.9 Å². The molecule has 0 aliphatic carbocycles. The summed E-state index contributed by atoms with van der Waals surface area (Å²) < 4.78 is 52.2. The highest BCUT2D eigenvalue weighted by molar-refractivity contribution is 9.10. The van der Waals surface area contributed by atoms with E-state index in [1.165, 1.54) is 48.5 Å². The van der Waals surface area contributed by atoms with Gasteiger partial charge in [0, 0.05) is 10.5 Å². The first-order valence-electron chi connectivity index (χ1n) is 9.06. The number of benzene rings is 3. The summed E-state index contributed by atoms with van der Waals surface area (Å²) in [4.78, 5) is 25.3. The molecule has 0 N–H and O–H groups in total. The lowest BCUT2D eigenvalue weighted by molar-refractivity contribution is -0.152. The standard InChI is InChI=1S/C23H11BrClF3O4/c24-13-7-5-12(6-8-13)19-20(29)16-10-9-14(11-18(16)32-21(19)23(26,27)28)31-22(30)15-3-1-2-4-17(15)25/h1-11H. The van der Waals surface area contributed by atoms with Crippen LogP contribution in [0.1, 0.15) is 16.1 Å². The lowest BCUT2D eigenvalue weighted by atomic mass is 10.0. The van der Waals surface area contributed by atoms with E-state index in [1.54, 1.807) is 12.1 Å². The van der Waals surface area contributed by atoms with E-state index >= 15 is 0 Å². The molecule has 0 unspecified atom stereocenters. The van der Waals surface area contributed by atoms with Crippen LogP contribution in [0.25, 0.3) is 22.1 Å². The predicted octanol–water partition coefficient (Wildman–Crippen LogP) is 7.11. The zero-order chi connectivity index (χ0) is 23.0. The SMILES string of the molecule is O=C(Oc1ccc2c(=O)c(-c3ccc(Br)cc3)c(C(F)(F)F)oc2c1)c1ccccc1Cl. The smallest absolute Gasteiger partial charge is 0.450 e. The first kappa shape index (κ1) is 22.1. The zero-order valence-corrected chi connectivity index (χ0v) is 18.2. The van der Waals surface area contributed by atoms with Gasteiger partial charge in [0.1, 0.15) is 11.3 Å². The highest BCUT2D eigenvalue weighted by atomic mass is 79.9. The Bertz CT molecular complexity index is 1400. The molecule has 0 aliphatic heterocycles. The van der Waals surface area contributed by atoms with Crippen LogP contribution in [0.2, 0.25) is 5.02 Å². The van der Waals surface area contributed by atoms with Crippen LogP contribution >= 0.6 is 27.5 Å². The summed E-state index contributed by atoms with van der Waals surface area (Å²) in [6.07, 6.45) is -4.93. The molecule has 4 nitrogen and oxygen atoms in total. The Morgan fingerprint density at radius 1 is 1.00 bits per heavy atom. The number of alkyl halides is 3. The van der Waals surface area contributed by atoms with E-state index in [9.17, 15) is 22.8 Å². The number of fused-ring (bicyclic) bond motifs is 1. The van der Waals surface area contributed by atoms with Crippen LogP contribution in [0.4, 0.5) is 13.2 Å². The van der Waals surface area contributed by atoms with Gasteiger partial charge in [-0.25, -0.2) is 4.79 Å². The molecular formula is C23H11BrClF3O4. The largest absolute Gasteiger partial charge is 0.450 e.